The third-order valence-corrected chi connectivity index (χ3v) is 3.18. The fraction of sp³-hybridized carbons (Fsp3) is 0.846. The zero-order chi connectivity index (χ0) is 10.6. The van der Waals surface area contributed by atoms with Gasteiger partial charge in [0.05, 0.1) is 0 Å². The SMILES string of the molecule is C=C(CC)N1CCCC(CC(C)C)C1. The van der Waals surface area contributed by atoms with E-state index in [0.717, 1.165) is 18.3 Å². The second-order valence-corrected chi connectivity index (χ2v) is 5.00. The molecule has 1 saturated heterocycles. The molecule has 0 bridgehead atoms. The summed E-state index contributed by atoms with van der Waals surface area (Å²) in [6.45, 7) is 13.5. The summed E-state index contributed by atoms with van der Waals surface area (Å²) in [5.41, 5.74) is 1.33. The van der Waals surface area contributed by atoms with Gasteiger partial charge in [-0.1, -0.05) is 27.4 Å². The Labute approximate surface area is 89.2 Å². The topological polar surface area (TPSA) is 3.24 Å². The monoisotopic (exact) mass is 195 g/mol. The number of piperidine rings is 1. The lowest BCUT2D eigenvalue weighted by Gasteiger charge is -2.36. The Morgan fingerprint density at radius 3 is 2.79 bits per heavy atom. The molecule has 0 aromatic rings. The van der Waals surface area contributed by atoms with Crippen LogP contribution in [0.25, 0.3) is 0 Å². The summed E-state index contributed by atoms with van der Waals surface area (Å²) in [5.74, 6) is 1.75. The van der Waals surface area contributed by atoms with Gasteiger partial charge in [-0.2, -0.15) is 0 Å². The molecule has 0 radical (unpaired) electrons. The van der Waals surface area contributed by atoms with Gasteiger partial charge in [0.2, 0.25) is 0 Å². The number of hydrogen-bond donors (Lipinski definition) is 0. The first-order valence-electron chi connectivity index (χ1n) is 6.06. The molecule has 1 heteroatoms. The highest BCUT2D eigenvalue weighted by molar-refractivity contribution is 4.95. The van der Waals surface area contributed by atoms with E-state index >= 15 is 0 Å². The molecule has 1 nitrogen and oxygen atoms in total. The predicted molar refractivity (Wildman–Crippen MR) is 63.2 cm³/mol. The largest absolute Gasteiger partial charge is 0.375 e. The highest BCUT2D eigenvalue weighted by atomic mass is 15.1. The van der Waals surface area contributed by atoms with E-state index in [1.54, 1.807) is 0 Å². The van der Waals surface area contributed by atoms with Crippen molar-refractivity contribution in [1.82, 2.24) is 4.90 Å². The molecule has 0 N–H and O–H groups in total. The third-order valence-electron chi connectivity index (χ3n) is 3.18. The average Bonchev–Trinajstić information content (AvgIpc) is 2.16. The van der Waals surface area contributed by atoms with Crippen LogP contribution in [0.3, 0.4) is 0 Å². The van der Waals surface area contributed by atoms with Crippen LogP contribution >= 0.6 is 0 Å². The molecule has 0 aromatic heterocycles. The molecule has 14 heavy (non-hydrogen) atoms. The van der Waals surface area contributed by atoms with Gasteiger partial charge < -0.3 is 4.90 Å². The molecule has 1 heterocycles. The summed E-state index contributed by atoms with van der Waals surface area (Å²) in [6, 6.07) is 0. The molecule has 1 aliphatic rings. The Morgan fingerprint density at radius 2 is 2.21 bits per heavy atom. The molecule has 0 amide bonds. The minimum atomic E-state index is 0.842. The van der Waals surface area contributed by atoms with Crippen LogP contribution < -0.4 is 0 Å². The van der Waals surface area contributed by atoms with Crippen molar-refractivity contribution < 1.29 is 0 Å². The second kappa shape index (κ2) is 5.43. The zero-order valence-electron chi connectivity index (χ0n) is 10.1. The second-order valence-electron chi connectivity index (χ2n) is 5.00. The Balaban J connectivity index is 2.39. The number of likely N-dealkylation sites (tertiary alicyclic amines) is 1. The summed E-state index contributed by atoms with van der Waals surface area (Å²) >= 11 is 0. The standard InChI is InChI=1S/C13H25N/c1-5-12(4)14-8-6-7-13(10-14)9-11(2)3/h11,13H,4-10H2,1-3H3. The van der Waals surface area contributed by atoms with Crippen molar-refractivity contribution in [2.75, 3.05) is 13.1 Å². The Hall–Kier alpha value is -0.460. The van der Waals surface area contributed by atoms with Crippen molar-refractivity contribution in [3.05, 3.63) is 12.3 Å². The lowest BCUT2D eigenvalue weighted by molar-refractivity contribution is 0.193. The van der Waals surface area contributed by atoms with Crippen LogP contribution in [0, 0.1) is 11.8 Å². The van der Waals surface area contributed by atoms with Crippen molar-refractivity contribution in [3.63, 3.8) is 0 Å². The van der Waals surface area contributed by atoms with Crippen molar-refractivity contribution >= 4 is 0 Å². The van der Waals surface area contributed by atoms with Gasteiger partial charge >= 0.3 is 0 Å². The molecular weight excluding hydrogens is 170 g/mol. The number of rotatable bonds is 4. The Bertz CT molecular complexity index is 184. The fourth-order valence-electron chi connectivity index (χ4n) is 2.43. The number of hydrogen-bond acceptors (Lipinski definition) is 1. The molecule has 1 aliphatic heterocycles. The first-order valence-corrected chi connectivity index (χ1v) is 6.06. The highest BCUT2D eigenvalue weighted by Crippen LogP contribution is 2.25. The van der Waals surface area contributed by atoms with E-state index in [4.69, 9.17) is 0 Å². The maximum atomic E-state index is 4.14. The van der Waals surface area contributed by atoms with E-state index in [1.165, 1.54) is 38.0 Å². The summed E-state index contributed by atoms with van der Waals surface area (Å²) in [4.78, 5) is 2.50. The molecule has 0 aliphatic carbocycles. The van der Waals surface area contributed by atoms with Crippen molar-refractivity contribution in [3.8, 4) is 0 Å². The van der Waals surface area contributed by atoms with Gasteiger partial charge in [-0.3, -0.25) is 0 Å². The van der Waals surface area contributed by atoms with Gasteiger partial charge in [-0.25, -0.2) is 0 Å². The third kappa shape index (κ3) is 3.36. The molecule has 0 aromatic carbocycles. The van der Waals surface area contributed by atoms with Crippen LogP contribution in [0.1, 0.15) is 46.5 Å². The predicted octanol–water partition coefficient (Wildman–Crippen LogP) is 3.67. The van der Waals surface area contributed by atoms with Crippen molar-refractivity contribution in [2.24, 2.45) is 11.8 Å². The maximum Gasteiger partial charge on any atom is 0.0203 e. The molecule has 0 saturated carbocycles. The molecule has 82 valence electrons. The van der Waals surface area contributed by atoms with Crippen LogP contribution in [0.2, 0.25) is 0 Å². The molecule has 1 unspecified atom stereocenters. The summed E-state index contributed by atoms with van der Waals surface area (Å²) < 4.78 is 0. The van der Waals surface area contributed by atoms with E-state index in [-0.39, 0.29) is 0 Å². The van der Waals surface area contributed by atoms with E-state index in [9.17, 15) is 0 Å². The van der Waals surface area contributed by atoms with Crippen LogP contribution in [0.5, 0.6) is 0 Å². The van der Waals surface area contributed by atoms with Crippen LogP contribution in [-0.2, 0) is 0 Å². The number of allylic oxidation sites excluding steroid dienone is 1. The summed E-state index contributed by atoms with van der Waals surface area (Å²) in [5, 5.41) is 0. The van der Waals surface area contributed by atoms with E-state index < -0.39 is 0 Å². The van der Waals surface area contributed by atoms with Crippen LogP contribution in [-0.4, -0.2) is 18.0 Å². The van der Waals surface area contributed by atoms with E-state index in [1.807, 2.05) is 0 Å². The van der Waals surface area contributed by atoms with Gasteiger partial charge in [0.15, 0.2) is 0 Å². The highest BCUT2D eigenvalue weighted by Gasteiger charge is 2.20. The first-order chi connectivity index (χ1) is 6.63. The van der Waals surface area contributed by atoms with E-state index in [2.05, 4.69) is 32.3 Å². The molecule has 1 fully saturated rings. The summed E-state index contributed by atoms with van der Waals surface area (Å²) in [7, 11) is 0. The minimum absolute atomic E-state index is 0.842. The van der Waals surface area contributed by atoms with Gasteiger partial charge in [-0.15, -0.1) is 0 Å². The quantitative estimate of drug-likeness (QED) is 0.661. The average molecular weight is 195 g/mol. The lowest BCUT2D eigenvalue weighted by Crippen LogP contribution is -2.34. The zero-order valence-corrected chi connectivity index (χ0v) is 10.1. The maximum absolute atomic E-state index is 4.14. The molecular formula is C13H25N. The fourth-order valence-corrected chi connectivity index (χ4v) is 2.43. The van der Waals surface area contributed by atoms with Gasteiger partial charge in [0.25, 0.3) is 0 Å². The smallest absolute Gasteiger partial charge is 0.0203 e. The molecule has 1 atom stereocenters. The molecule has 0 spiro atoms. The lowest BCUT2D eigenvalue weighted by atomic mass is 9.89. The van der Waals surface area contributed by atoms with Crippen LogP contribution in [0.15, 0.2) is 12.3 Å². The van der Waals surface area contributed by atoms with Gasteiger partial charge in [0, 0.05) is 18.8 Å². The van der Waals surface area contributed by atoms with Gasteiger partial charge in [0.1, 0.15) is 0 Å². The van der Waals surface area contributed by atoms with Crippen molar-refractivity contribution in [2.45, 2.75) is 46.5 Å². The Morgan fingerprint density at radius 1 is 1.50 bits per heavy atom. The first kappa shape index (κ1) is 11.6. The van der Waals surface area contributed by atoms with E-state index in [0.29, 0.717) is 0 Å². The normalized spacial score (nSPS) is 22.9. The van der Waals surface area contributed by atoms with Crippen molar-refractivity contribution in [1.29, 1.82) is 0 Å². The minimum Gasteiger partial charge on any atom is -0.375 e. The number of nitrogens with zero attached hydrogens (tertiary/aromatic N) is 1. The molecule has 1 rings (SSSR count). The Kier molecular flexibility index (Phi) is 4.50. The summed E-state index contributed by atoms with van der Waals surface area (Å²) in [6.07, 6.45) is 5.27. The van der Waals surface area contributed by atoms with Crippen LogP contribution in [0.4, 0.5) is 0 Å². The van der Waals surface area contributed by atoms with Gasteiger partial charge in [-0.05, 0) is 37.5 Å².